The second-order valence-electron chi connectivity index (χ2n) is 5.20. The van der Waals surface area contributed by atoms with E-state index in [1.807, 2.05) is 20.8 Å². The summed E-state index contributed by atoms with van der Waals surface area (Å²) in [6, 6.07) is 2.59. The average molecular weight is 270 g/mol. The number of hydrogen-bond acceptors (Lipinski definition) is 3. The molecule has 2 aromatic heterocycles. The van der Waals surface area contributed by atoms with E-state index in [0.29, 0.717) is 5.69 Å². The molecule has 1 N–H and O–H groups in total. The maximum atomic E-state index is 12.6. The SMILES string of the molecule is CC(C)(C)c1cc(-c2cc(C(F)(F)F)ncn2)n[nH]1. The minimum Gasteiger partial charge on any atom is -0.281 e. The van der Waals surface area contributed by atoms with Crippen molar-refractivity contribution in [3.05, 3.63) is 29.8 Å². The van der Waals surface area contributed by atoms with Crippen molar-refractivity contribution in [2.24, 2.45) is 0 Å². The van der Waals surface area contributed by atoms with Crippen molar-refractivity contribution in [3.63, 3.8) is 0 Å². The van der Waals surface area contributed by atoms with Crippen LogP contribution in [-0.2, 0) is 11.6 Å². The molecule has 0 fully saturated rings. The van der Waals surface area contributed by atoms with Crippen LogP contribution in [0.5, 0.6) is 0 Å². The molecule has 0 bridgehead atoms. The summed E-state index contributed by atoms with van der Waals surface area (Å²) in [6.07, 6.45) is -3.59. The summed E-state index contributed by atoms with van der Waals surface area (Å²) in [6.45, 7) is 5.93. The maximum Gasteiger partial charge on any atom is 0.433 e. The Bertz CT molecular complexity index is 581. The van der Waals surface area contributed by atoms with Gasteiger partial charge in [0.1, 0.15) is 17.7 Å². The van der Waals surface area contributed by atoms with E-state index in [4.69, 9.17) is 0 Å². The molecule has 0 saturated heterocycles. The van der Waals surface area contributed by atoms with Crippen molar-refractivity contribution >= 4 is 0 Å². The normalized spacial score (nSPS) is 12.7. The van der Waals surface area contributed by atoms with E-state index in [9.17, 15) is 13.2 Å². The van der Waals surface area contributed by atoms with E-state index >= 15 is 0 Å². The first-order chi connectivity index (χ1) is 8.68. The van der Waals surface area contributed by atoms with E-state index in [1.54, 1.807) is 6.07 Å². The minimum atomic E-state index is -4.49. The molecule has 0 aliphatic heterocycles. The molecule has 2 aromatic rings. The van der Waals surface area contributed by atoms with Crippen LogP contribution >= 0.6 is 0 Å². The third-order valence-corrected chi connectivity index (χ3v) is 2.61. The average Bonchev–Trinajstić information content (AvgIpc) is 2.77. The molecular weight excluding hydrogens is 257 g/mol. The summed E-state index contributed by atoms with van der Waals surface area (Å²) in [5.74, 6) is 0. The third kappa shape index (κ3) is 2.91. The summed E-state index contributed by atoms with van der Waals surface area (Å²) in [5.41, 5.74) is 0.213. The fourth-order valence-electron chi connectivity index (χ4n) is 1.49. The molecule has 2 rings (SSSR count). The fraction of sp³-hybridized carbons (Fsp3) is 0.417. The summed E-state index contributed by atoms with van der Waals surface area (Å²) in [5, 5.41) is 6.80. The first kappa shape index (κ1) is 13.5. The maximum absolute atomic E-state index is 12.6. The molecule has 19 heavy (non-hydrogen) atoms. The van der Waals surface area contributed by atoms with Gasteiger partial charge in [-0.25, -0.2) is 9.97 Å². The molecule has 0 radical (unpaired) electrons. The van der Waals surface area contributed by atoms with Gasteiger partial charge in [0.25, 0.3) is 0 Å². The topological polar surface area (TPSA) is 54.5 Å². The monoisotopic (exact) mass is 270 g/mol. The Morgan fingerprint density at radius 3 is 2.21 bits per heavy atom. The van der Waals surface area contributed by atoms with Crippen LogP contribution in [-0.4, -0.2) is 20.2 Å². The molecule has 0 spiro atoms. The van der Waals surface area contributed by atoms with Crippen LogP contribution in [0.4, 0.5) is 13.2 Å². The molecule has 0 atom stereocenters. The number of alkyl halides is 3. The molecule has 0 aliphatic carbocycles. The lowest BCUT2D eigenvalue weighted by Crippen LogP contribution is -2.11. The smallest absolute Gasteiger partial charge is 0.281 e. The van der Waals surface area contributed by atoms with Crippen molar-refractivity contribution in [2.75, 3.05) is 0 Å². The second kappa shape index (κ2) is 4.32. The summed E-state index contributed by atoms with van der Waals surface area (Å²) >= 11 is 0. The van der Waals surface area contributed by atoms with Crippen LogP contribution in [0, 0.1) is 0 Å². The van der Waals surface area contributed by atoms with Gasteiger partial charge < -0.3 is 0 Å². The number of halogens is 3. The van der Waals surface area contributed by atoms with Crippen molar-refractivity contribution in [1.29, 1.82) is 0 Å². The minimum absolute atomic E-state index is 0.147. The Kier molecular flexibility index (Phi) is 3.07. The fourth-order valence-corrected chi connectivity index (χ4v) is 1.49. The lowest BCUT2D eigenvalue weighted by molar-refractivity contribution is -0.141. The van der Waals surface area contributed by atoms with Crippen molar-refractivity contribution in [1.82, 2.24) is 20.2 Å². The molecule has 0 unspecified atom stereocenters. The van der Waals surface area contributed by atoms with Crippen LogP contribution in [0.1, 0.15) is 32.2 Å². The highest BCUT2D eigenvalue weighted by Crippen LogP contribution is 2.30. The van der Waals surface area contributed by atoms with Gasteiger partial charge in [0.15, 0.2) is 0 Å². The van der Waals surface area contributed by atoms with Gasteiger partial charge >= 0.3 is 6.18 Å². The van der Waals surface area contributed by atoms with Crippen molar-refractivity contribution < 1.29 is 13.2 Å². The van der Waals surface area contributed by atoms with Gasteiger partial charge in [-0.15, -0.1) is 0 Å². The number of nitrogens with zero attached hydrogens (tertiary/aromatic N) is 3. The summed E-state index contributed by atoms with van der Waals surface area (Å²) in [4.78, 5) is 7.04. The molecule has 0 aromatic carbocycles. The number of hydrogen-bond donors (Lipinski definition) is 1. The van der Waals surface area contributed by atoms with Crippen LogP contribution in [0.15, 0.2) is 18.5 Å². The highest BCUT2D eigenvalue weighted by molar-refractivity contribution is 5.55. The number of rotatable bonds is 1. The zero-order valence-corrected chi connectivity index (χ0v) is 10.7. The van der Waals surface area contributed by atoms with E-state index in [2.05, 4.69) is 20.2 Å². The first-order valence-corrected chi connectivity index (χ1v) is 5.63. The zero-order chi connectivity index (χ0) is 14.3. The van der Waals surface area contributed by atoms with Gasteiger partial charge in [0.05, 0.1) is 5.69 Å². The molecule has 2 heterocycles. The Balaban J connectivity index is 2.40. The Hall–Kier alpha value is -1.92. The molecule has 0 aliphatic rings. The predicted molar refractivity (Wildman–Crippen MR) is 63.3 cm³/mol. The lowest BCUT2D eigenvalue weighted by Gasteiger charge is -2.14. The van der Waals surface area contributed by atoms with E-state index in [-0.39, 0.29) is 11.1 Å². The highest BCUT2D eigenvalue weighted by atomic mass is 19.4. The van der Waals surface area contributed by atoms with Crippen molar-refractivity contribution in [3.8, 4) is 11.4 Å². The number of H-pyrrole nitrogens is 1. The highest BCUT2D eigenvalue weighted by Gasteiger charge is 2.33. The number of nitrogens with one attached hydrogen (secondary N) is 1. The van der Waals surface area contributed by atoms with Gasteiger partial charge in [-0.3, -0.25) is 5.10 Å². The van der Waals surface area contributed by atoms with Crippen LogP contribution in [0.25, 0.3) is 11.4 Å². The molecule has 0 saturated carbocycles. The second-order valence-corrected chi connectivity index (χ2v) is 5.20. The Labute approximate surface area is 108 Å². The van der Waals surface area contributed by atoms with Gasteiger partial charge in [0, 0.05) is 11.1 Å². The molecule has 102 valence electrons. The van der Waals surface area contributed by atoms with Gasteiger partial charge in [-0.05, 0) is 12.1 Å². The van der Waals surface area contributed by atoms with Gasteiger partial charge in [-0.1, -0.05) is 20.8 Å². The Morgan fingerprint density at radius 1 is 1.00 bits per heavy atom. The standard InChI is InChI=1S/C12H13F3N4/c1-11(2,3)9-5-8(18-19-9)7-4-10(12(13,14)15)17-6-16-7/h4-6H,1-3H3,(H,18,19). The number of aromatic nitrogens is 4. The quantitative estimate of drug-likeness (QED) is 0.865. The Morgan fingerprint density at radius 2 is 1.68 bits per heavy atom. The zero-order valence-electron chi connectivity index (χ0n) is 10.7. The first-order valence-electron chi connectivity index (χ1n) is 5.63. The molecular formula is C12H13F3N4. The predicted octanol–water partition coefficient (Wildman–Crippen LogP) is 3.18. The van der Waals surface area contributed by atoms with Crippen LogP contribution in [0.3, 0.4) is 0 Å². The van der Waals surface area contributed by atoms with Crippen LogP contribution in [0.2, 0.25) is 0 Å². The summed E-state index contributed by atoms with van der Waals surface area (Å²) < 4.78 is 37.7. The molecule has 4 nitrogen and oxygen atoms in total. The van der Waals surface area contributed by atoms with E-state index in [0.717, 1.165) is 18.1 Å². The van der Waals surface area contributed by atoms with Gasteiger partial charge in [-0.2, -0.15) is 18.3 Å². The van der Waals surface area contributed by atoms with Crippen LogP contribution < -0.4 is 0 Å². The van der Waals surface area contributed by atoms with E-state index < -0.39 is 11.9 Å². The number of aromatic amines is 1. The van der Waals surface area contributed by atoms with Gasteiger partial charge in [0.2, 0.25) is 0 Å². The lowest BCUT2D eigenvalue weighted by atomic mass is 9.92. The molecule has 7 heteroatoms. The van der Waals surface area contributed by atoms with Crippen molar-refractivity contribution in [2.45, 2.75) is 32.4 Å². The third-order valence-electron chi connectivity index (χ3n) is 2.61. The largest absolute Gasteiger partial charge is 0.433 e. The summed E-state index contributed by atoms with van der Waals surface area (Å²) in [7, 11) is 0. The van der Waals surface area contributed by atoms with E-state index in [1.165, 1.54) is 0 Å². The molecule has 0 amide bonds.